The molecule has 3 rings (SSSR count). The van der Waals surface area contributed by atoms with Crippen molar-refractivity contribution in [2.45, 2.75) is 69.6 Å². The molecule has 2 aromatic rings. The second-order valence-corrected chi connectivity index (χ2v) is 7.29. The van der Waals surface area contributed by atoms with Crippen molar-refractivity contribution >= 4 is 5.69 Å². The van der Waals surface area contributed by atoms with Gasteiger partial charge in [0, 0.05) is 0 Å². The fraction of sp³-hybridized carbons (Fsp3) is 0.611. The molecule has 0 radical (unpaired) electrons. The highest BCUT2D eigenvalue weighted by Crippen LogP contribution is 2.42. The Bertz CT molecular complexity index is 861. The maximum Gasteiger partial charge on any atom is 0.418 e. The normalized spacial score (nSPS) is 21.6. The smallest absolute Gasteiger partial charge is 0.418 e. The Morgan fingerprint density at radius 1 is 1.00 bits per heavy atom. The molecule has 1 aliphatic heterocycles. The van der Waals surface area contributed by atoms with Crippen LogP contribution in [0.5, 0.6) is 0 Å². The van der Waals surface area contributed by atoms with E-state index in [9.17, 15) is 26.3 Å². The molecule has 0 aromatic carbocycles. The number of nitrogens with two attached hydrogens (primary N) is 1. The molecule has 4 bridgehead atoms. The van der Waals surface area contributed by atoms with Crippen molar-refractivity contribution in [2.24, 2.45) is 0 Å². The minimum absolute atomic E-state index is 0.206. The molecule has 0 saturated heterocycles. The molecule has 5 nitrogen and oxygen atoms in total. The molecule has 0 aliphatic carbocycles. The van der Waals surface area contributed by atoms with Gasteiger partial charge in [0.2, 0.25) is 5.89 Å². The predicted octanol–water partition coefficient (Wildman–Crippen LogP) is 5.84. The highest BCUT2D eigenvalue weighted by molar-refractivity contribution is 5.67. The standard InChI is InChI=1S/C18H20F6N4O/c1-9-6-4-2-3-5-7-10(17(19,20)21)15-27-28-16(29-15)14-12(25)8-11(13(9)26-14)18(22,23)24/h8-10H,2-7,25H2,1H3. The van der Waals surface area contributed by atoms with Crippen LogP contribution in [0.15, 0.2) is 10.5 Å². The maximum absolute atomic E-state index is 13.5. The number of nitrogen functional groups attached to an aromatic ring is 1. The van der Waals surface area contributed by atoms with Gasteiger partial charge in [0.25, 0.3) is 5.89 Å². The zero-order valence-electron chi connectivity index (χ0n) is 15.6. The van der Waals surface area contributed by atoms with Crippen LogP contribution in [0.25, 0.3) is 11.6 Å². The zero-order valence-corrected chi connectivity index (χ0v) is 15.6. The molecule has 3 heterocycles. The highest BCUT2D eigenvalue weighted by atomic mass is 19.4. The summed E-state index contributed by atoms with van der Waals surface area (Å²) in [6.07, 6.45) is -7.06. The summed E-state index contributed by atoms with van der Waals surface area (Å²) in [5.41, 5.74) is 3.90. The first-order valence-corrected chi connectivity index (χ1v) is 9.26. The first-order chi connectivity index (χ1) is 13.5. The quantitative estimate of drug-likeness (QED) is 0.540. The Morgan fingerprint density at radius 3 is 2.28 bits per heavy atom. The molecule has 2 aromatic heterocycles. The molecule has 0 spiro atoms. The number of nitrogens with zero attached hydrogens (tertiary/aromatic N) is 3. The van der Waals surface area contributed by atoms with E-state index in [4.69, 9.17) is 10.2 Å². The number of anilines is 1. The number of fused-ring (bicyclic) bond motifs is 5. The van der Waals surface area contributed by atoms with Crippen LogP contribution in [-0.2, 0) is 6.18 Å². The summed E-state index contributed by atoms with van der Waals surface area (Å²) in [7, 11) is 0. The second-order valence-electron chi connectivity index (χ2n) is 7.29. The van der Waals surface area contributed by atoms with Crippen LogP contribution in [0.3, 0.4) is 0 Å². The van der Waals surface area contributed by atoms with Crippen LogP contribution in [0.2, 0.25) is 0 Å². The van der Waals surface area contributed by atoms with Gasteiger partial charge in [0.1, 0.15) is 5.92 Å². The van der Waals surface area contributed by atoms with E-state index in [0.717, 1.165) is 6.07 Å². The molecule has 160 valence electrons. The van der Waals surface area contributed by atoms with Crippen molar-refractivity contribution in [3.8, 4) is 11.6 Å². The van der Waals surface area contributed by atoms with Gasteiger partial charge in [0.05, 0.1) is 16.9 Å². The van der Waals surface area contributed by atoms with Gasteiger partial charge in [-0.3, -0.25) is 0 Å². The number of halogens is 6. The van der Waals surface area contributed by atoms with Crippen molar-refractivity contribution < 1.29 is 30.8 Å². The van der Waals surface area contributed by atoms with Gasteiger partial charge >= 0.3 is 12.4 Å². The van der Waals surface area contributed by atoms with Crippen LogP contribution < -0.4 is 5.73 Å². The Labute approximate surface area is 162 Å². The van der Waals surface area contributed by atoms with Gasteiger partial charge in [-0.2, -0.15) is 26.3 Å². The largest absolute Gasteiger partial charge is 0.419 e. The van der Waals surface area contributed by atoms with Crippen molar-refractivity contribution in [1.82, 2.24) is 15.2 Å². The predicted molar refractivity (Wildman–Crippen MR) is 91.9 cm³/mol. The summed E-state index contributed by atoms with van der Waals surface area (Å²) in [6.45, 7) is 1.63. The number of hydrogen-bond acceptors (Lipinski definition) is 5. The van der Waals surface area contributed by atoms with E-state index < -0.39 is 41.5 Å². The molecule has 29 heavy (non-hydrogen) atoms. The summed E-state index contributed by atoms with van der Waals surface area (Å²) in [5.74, 6) is -3.54. The summed E-state index contributed by atoms with van der Waals surface area (Å²) >= 11 is 0. The van der Waals surface area contributed by atoms with Gasteiger partial charge in [0.15, 0.2) is 5.69 Å². The van der Waals surface area contributed by atoms with Gasteiger partial charge < -0.3 is 10.2 Å². The Morgan fingerprint density at radius 2 is 1.66 bits per heavy atom. The van der Waals surface area contributed by atoms with Gasteiger partial charge in [-0.25, -0.2) is 4.98 Å². The third-order valence-corrected chi connectivity index (χ3v) is 5.07. The molecular formula is C18H20F6N4O. The molecule has 11 heteroatoms. The minimum atomic E-state index is -4.67. The maximum atomic E-state index is 13.5. The van der Waals surface area contributed by atoms with Crippen LogP contribution in [-0.4, -0.2) is 21.4 Å². The summed E-state index contributed by atoms with van der Waals surface area (Å²) in [4.78, 5) is 4.02. The number of rotatable bonds is 0. The molecule has 0 fully saturated rings. The Kier molecular flexibility index (Phi) is 5.77. The summed E-state index contributed by atoms with van der Waals surface area (Å²) < 4.78 is 85.9. The van der Waals surface area contributed by atoms with E-state index in [1.807, 2.05) is 0 Å². The van der Waals surface area contributed by atoms with E-state index in [1.54, 1.807) is 6.92 Å². The fourth-order valence-electron chi connectivity index (χ4n) is 3.50. The molecule has 2 N–H and O–H groups in total. The molecule has 2 atom stereocenters. The topological polar surface area (TPSA) is 77.8 Å². The van der Waals surface area contributed by atoms with Crippen molar-refractivity contribution in [2.75, 3.05) is 5.73 Å². The number of pyridine rings is 1. The van der Waals surface area contributed by atoms with E-state index in [2.05, 4.69) is 15.2 Å². The van der Waals surface area contributed by atoms with Gasteiger partial charge in [-0.05, 0) is 24.8 Å². The molecule has 1 aliphatic rings. The monoisotopic (exact) mass is 422 g/mol. The SMILES string of the molecule is CC1CCCCCCC(C(F)(F)F)c2nnc(o2)-c2nc1c(C(F)(F)F)cc2N. The van der Waals surface area contributed by atoms with E-state index in [1.165, 1.54) is 0 Å². The number of alkyl halides is 6. The summed E-state index contributed by atoms with van der Waals surface area (Å²) in [6, 6.07) is 0.727. The van der Waals surface area contributed by atoms with Gasteiger partial charge in [-0.15, -0.1) is 10.2 Å². The lowest BCUT2D eigenvalue weighted by molar-refractivity contribution is -0.156. The first-order valence-electron chi connectivity index (χ1n) is 9.26. The van der Waals surface area contributed by atoms with Crippen LogP contribution in [0.4, 0.5) is 32.0 Å². The molecule has 0 saturated carbocycles. The number of aromatic nitrogens is 3. The van der Waals surface area contributed by atoms with Gasteiger partial charge in [-0.1, -0.05) is 32.6 Å². The zero-order chi connectivity index (χ0) is 21.4. The Balaban J connectivity index is 2.14. The highest BCUT2D eigenvalue weighted by Gasteiger charge is 2.44. The Hall–Kier alpha value is -2.33. The second kappa shape index (κ2) is 7.83. The van der Waals surface area contributed by atoms with Crippen LogP contribution >= 0.6 is 0 Å². The van der Waals surface area contributed by atoms with Crippen molar-refractivity contribution in [1.29, 1.82) is 0 Å². The fourth-order valence-corrected chi connectivity index (χ4v) is 3.50. The lowest BCUT2D eigenvalue weighted by Gasteiger charge is -2.20. The third kappa shape index (κ3) is 4.64. The summed E-state index contributed by atoms with van der Waals surface area (Å²) in [5, 5.41) is 7.07. The third-order valence-electron chi connectivity index (χ3n) is 5.07. The molecular weight excluding hydrogens is 402 g/mol. The first kappa shape index (κ1) is 21.4. The number of hydrogen-bond donors (Lipinski definition) is 1. The van der Waals surface area contributed by atoms with E-state index >= 15 is 0 Å². The lowest BCUT2D eigenvalue weighted by atomic mass is 9.93. The average Bonchev–Trinajstić information content (AvgIpc) is 3.07. The van der Waals surface area contributed by atoms with Crippen molar-refractivity contribution in [3.05, 3.63) is 23.2 Å². The van der Waals surface area contributed by atoms with Crippen LogP contribution in [0, 0.1) is 0 Å². The van der Waals surface area contributed by atoms with E-state index in [-0.39, 0.29) is 29.9 Å². The molecule has 0 amide bonds. The lowest BCUT2D eigenvalue weighted by Crippen LogP contribution is -2.21. The van der Waals surface area contributed by atoms with Crippen LogP contribution in [0.1, 0.15) is 74.4 Å². The molecule has 2 unspecified atom stereocenters. The average molecular weight is 422 g/mol. The minimum Gasteiger partial charge on any atom is -0.419 e. The van der Waals surface area contributed by atoms with Crippen molar-refractivity contribution in [3.63, 3.8) is 0 Å². The van der Waals surface area contributed by atoms with E-state index in [0.29, 0.717) is 25.7 Å².